The molecule has 0 aliphatic carbocycles. The molecule has 2 amide bonds. The van der Waals surface area contributed by atoms with Crippen LogP contribution < -0.4 is 16.0 Å². The molecule has 0 aromatic carbocycles. The second kappa shape index (κ2) is 8.24. The third kappa shape index (κ3) is 4.28. The second-order valence-corrected chi connectivity index (χ2v) is 8.44. The number of nitrogens with one attached hydrogen (secondary N) is 3. The molecule has 3 heterocycles. The van der Waals surface area contributed by atoms with Crippen molar-refractivity contribution in [2.45, 2.75) is 39.8 Å². The number of aryl methyl sites for hydroxylation is 2. The van der Waals surface area contributed by atoms with Gasteiger partial charge in [0.1, 0.15) is 0 Å². The summed E-state index contributed by atoms with van der Waals surface area (Å²) < 4.78 is 0. The van der Waals surface area contributed by atoms with Crippen molar-refractivity contribution in [1.29, 1.82) is 0 Å². The molecule has 9 heteroatoms. The van der Waals surface area contributed by atoms with Gasteiger partial charge >= 0.3 is 0 Å². The van der Waals surface area contributed by atoms with E-state index >= 15 is 0 Å². The largest absolute Gasteiger partial charge is 0.351 e. The van der Waals surface area contributed by atoms with Crippen LogP contribution in [-0.4, -0.2) is 34.9 Å². The minimum atomic E-state index is -0.689. The average molecular weight is 394 g/mol. The van der Waals surface area contributed by atoms with Crippen molar-refractivity contribution in [2.24, 2.45) is 5.41 Å². The Morgan fingerprint density at radius 1 is 1.12 bits per heavy atom. The normalized spacial score (nSPS) is 19.5. The van der Waals surface area contributed by atoms with Gasteiger partial charge in [0, 0.05) is 22.7 Å². The molecule has 26 heavy (non-hydrogen) atoms. The van der Waals surface area contributed by atoms with Gasteiger partial charge in [-0.15, -0.1) is 22.7 Å². The van der Waals surface area contributed by atoms with Gasteiger partial charge in [-0.3, -0.25) is 9.59 Å². The smallest absolute Gasteiger partial charge is 0.228 e. The molecule has 1 unspecified atom stereocenters. The summed E-state index contributed by atoms with van der Waals surface area (Å²) in [7, 11) is 0. The SMILES string of the molecule is Cc1ncsc1CNC(=O)CC1(C(=O)NCc2scnc2C)CCNC1. The van der Waals surface area contributed by atoms with Crippen LogP contribution in [0, 0.1) is 19.3 Å². The Balaban J connectivity index is 1.58. The third-order valence-corrected chi connectivity index (χ3v) is 6.64. The quantitative estimate of drug-likeness (QED) is 0.663. The van der Waals surface area contributed by atoms with E-state index in [-0.39, 0.29) is 18.2 Å². The number of carbonyl (C=O) groups excluding carboxylic acids is 2. The summed E-state index contributed by atoms with van der Waals surface area (Å²) in [6.07, 6.45) is 0.846. The second-order valence-electron chi connectivity index (χ2n) is 6.57. The fraction of sp³-hybridized carbons (Fsp3) is 0.529. The zero-order chi connectivity index (χ0) is 18.6. The molecule has 1 aliphatic heterocycles. The van der Waals surface area contributed by atoms with Gasteiger partial charge in [-0.25, -0.2) is 9.97 Å². The van der Waals surface area contributed by atoms with Crippen molar-refractivity contribution in [3.63, 3.8) is 0 Å². The molecule has 0 spiro atoms. The Hall–Kier alpha value is -1.84. The van der Waals surface area contributed by atoms with E-state index in [0.717, 1.165) is 27.7 Å². The molecule has 3 rings (SSSR count). The van der Waals surface area contributed by atoms with E-state index in [4.69, 9.17) is 0 Å². The fourth-order valence-corrected chi connectivity index (χ4v) is 4.49. The molecule has 1 aliphatic rings. The minimum Gasteiger partial charge on any atom is -0.351 e. The molecule has 2 aromatic heterocycles. The maximum atomic E-state index is 12.8. The number of thiazole rings is 2. The number of hydrogen-bond donors (Lipinski definition) is 3. The van der Waals surface area contributed by atoms with E-state index < -0.39 is 5.41 Å². The third-order valence-electron chi connectivity index (χ3n) is 4.77. The summed E-state index contributed by atoms with van der Waals surface area (Å²) in [5, 5.41) is 9.15. The lowest BCUT2D eigenvalue weighted by molar-refractivity contribution is -0.135. The van der Waals surface area contributed by atoms with Crippen LogP contribution in [0.3, 0.4) is 0 Å². The van der Waals surface area contributed by atoms with Crippen LogP contribution in [0.2, 0.25) is 0 Å². The van der Waals surface area contributed by atoms with Crippen molar-refractivity contribution in [2.75, 3.05) is 13.1 Å². The summed E-state index contributed by atoms with van der Waals surface area (Å²) in [4.78, 5) is 35.8. The van der Waals surface area contributed by atoms with Gasteiger partial charge < -0.3 is 16.0 Å². The molecule has 0 saturated carbocycles. The van der Waals surface area contributed by atoms with Crippen LogP contribution in [0.5, 0.6) is 0 Å². The lowest BCUT2D eigenvalue weighted by atomic mass is 9.82. The topological polar surface area (TPSA) is 96.0 Å². The van der Waals surface area contributed by atoms with Gasteiger partial charge in [-0.05, 0) is 26.8 Å². The Kier molecular flexibility index (Phi) is 6.00. The van der Waals surface area contributed by atoms with Crippen LogP contribution in [0.25, 0.3) is 0 Å². The van der Waals surface area contributed by atoms with E-state index in [2.05, 4.69) is 25.9 Å². The van der Waals surface area contributed by atoms with Gasteiger partial charge in [0.25, 0.3) is 0 Å². The van der Waals surface area contributed by atoms with Crippen molar-refractivity contribution in [3.05, 3.63) is 32.2 Å². The zero-order valence-corrected chi connectivity index (χ0v) is 16.6. The molecule has 2 aromatic rings. The van der Waals surface area contributed by atoms with Gasteiger partial charge in [-0.1, -0.05) is 0 Å². The maximum Gasteiger partial charge on any atom is 0.228 e. The summed E-state index contributed by atoms with van der Waals surface area (Å²) in [5.41, 5.74) is 4.73. The summed E-state index contributed by atoms with van der Waals surface area (Å²) >= 11 is 3.05. The first-order chi connectivity index (χ1) is 12.5. The van der Waals surface area contributed by atoms with Crippen LogP contribution >= 0.6 is 22.7 Å². The average Bonchev–Trinajstić information content (AvgIpc) is 3.34. The highest BCUT2D eigenvalue weighted by atomic mass is 32.1. The van der Waals surface area contributed by atoms with E-state index in [1.54, 1.807) is 11.0 Å². The Bertz CT molecular complexity index is 780. The Morgan fingerprint density at radius 2 is 1.73 bits per heavy atom. The van der Waals surface area contributed by atoms with Crippen LogP contribution in [0.4, 0.5) is 0 Å². The van der Waals surface area contributed by atoms with Gasteiger partial charge in [0.15, 0.2) is 0 Å². The molecule has 1 atom stereocenters. The number of hydrogen-bond acceptors (Lipinski definition) is 7. The van der Waals surface area contributed by atoms with Crippen LogP contribution in [-0.2, 0) is 22.7 Å². The first kappa shape index (κ1) is 18.9. The molecular formula is C17H23N5O2S2. The molecule has 0 bridgehead atoms. The van der Waals surface area contributed by atoms with Crippen molar-refractivity contribution < 1.29 is 9.59 Å². The van der Waals surface area contributed by atoms with Gasteiger partial charge in [0.2, 0.25) is 11.8 Å². The highest BCUT2D eigenvalue weighted by Gasteiger charge is 2.42. The first-order valence-electron chi connectivity index (χ1n) is 8.54. The van der Waals surface area contributed by atoms with Crippen molar-refractivity contribution in [3.8, 4) is 0 Å². The molecule has 140 valence electrons. The number of rotatable bonds is 7. The standard InChI is InChI=1S/C17H23N5O2S2/c1-11-13(25-9-21-11)6-19-15(23)5-17(3-4-18-8-17)16(24)20-7-14-12(2)22-10-26-14/h9-10,18H,3-8H2,1-2H3,(H,19,23)(H,20,24). The summed E-state index contributed by atoms with van der Waals surface area (Å²) in [6, 6.07) is 0. The first-order valence-corrected chi connectivity index (χ1v) is 10.3. The maximum absolute atomic E-state index is 12.8. The fourth-order valence-electron chi connectivity index (χ4n) is 3.06. The molecule has 1 saturated heterocycles. The summed E-state index contributed by atoms with van der Waals surface area (Å²) in [5.74, 6) is -0.176. The van der Waals surface area contributed by atoms with E-state index in [1.807, 2.05) is 13.8 Å². The predicted molar refractivity (Wildman–Crippen MR) is 102 cm³/mol. The van der Waals surface area contributed by atoms with E-state index in [1.165, 1.54) is 22.7 Å². The van der Waals surface area contributed by atoms with Gasteiger partial charge in [-0.2, -0.15) is 0 Å². The Morgan fingerprint density at radius 3 is 2.23 bits per heavy atom. The lowest BCUT2D eigenvalue weighted by Crippen LogP contribution is -2.45. The lowest BCUT2D eigenvalue weighted by Gasteiger charge is -2.26. The van der Waals surface area contributed by atoms with Gasteiger partial charge in [0.05, 0.1) is 40.9 Å². The minimum absolute atomic E-state index is 0.0700. The molecule has 3 N–H and O–H groups in total. The number of amides is 2. The highest BCUT2D eigenvalue weighted by Crippen LogP contribution is 2.30. The summed E-state index contributed by atoms with van der Waals surface area (Å²) in [6.45, 7) is 6.04. The Labute approximate surface area is 160 Å². The van der Waals surface area contributed by atoms with E-state index in [0.29, 0.717) is 26.1 Å². The molecule has 1 fully saturated rings. The molecule has 7 nitrogen and oxygen atoms in total. The zero-order valence-electron chi connectivity index (χ0n) is 14.9. The number of nitrogens with zero attached hydrogens (tertiary/aromatic N) is 2. The van der Waals surface area contributed by atoms with Crippen LogP contribution in [0.15, 0.2) is 11.0 Å². The van der Waals surface area contributed by atoms with Crippen molar-refractivity contribution >= 4 is 34.5 Å². The van der Waals surface area contributed by atoms with Crippen molar-refractivity contribution in [1.82, 2.24) is 25.9 Å². The van der Waals surface area contributed by atoms with Crippen LogP contribution in [0.1, 0.15) is 34.0 Å². The molecular weight excluding hydrogens is 370 g/mol. The number of aromatic nitrogens is 2. The van der Waals surface area contributed by atoms with E-state index in [9.17, 15) is 9.59 Å². The highest BCUT2D eigenvalue weighted by molar-refractivity contribution is 7.10. The number of carbonyl (C=O) groups is 2. The predicted octanol–water partition coefficient (Wildman–Crippen LogP) is 1.52. The monoisotopic (exact) mass is 393 g/mol. The molecule has 0 radical (unpaired) electrons.